The zero-order chi connectivity index (χ0) is 9.84. The van der Waals surface area contributed by atoms with Crippen LogP contribution < -0.4 is 5.73 Å². The molecule has 0 saturated heterocycles. The van der Waals surface area contributed by atoms with Gasteiger partial charge in [0.05, 0.1) is 0 Å². The van der Waals surface area contributed by atoms with Crippen molar-refractivity contribution in [1.82, 2.24) is 14.8 Å². The second-order valence-corrected chi connectivity index (χ2v) is 4.71. The van der Waals surface area contributed by atoms with Crippen LogP contribution in [0.5, 0.6) is 0 Å². The van der Waals surface area contributed by atoms with Gasteiger partial charge in [0.1, 0.15) is 6.33 Å². The first kappa shape index (κ1) is 10.5. The summed E-state index contributed by atoms with van der Waals surface area (Å²) in [7, 11) is 1.90. The maximum atomic E-state index is 5.70. The van der Waals surface area contributed by atoms with Crippen LogP contribution in [0.25, 0.3) is 0 Å². The minimum Gasteiger partial charge on any atom is -0.328 e. The van der Waals surface area contributed by atoms with Crippen molar-refractivity contribution in [2.24, 2.45) is 12.8 Å². The van der Waals surface area contributed by atoms with Gasteiger partial charge in [-0.15, -0.1) is 0 Å². The van der Waals surface area contributed by atoms with E-state index in [0.29, 0.717) is 5.25 Å². The summed E-state index contributed by atoms with van der Waals surface area (Å²) in [5.41, 5.74) is 5.70. The third kappa shape index (κ3) is 3.36. The van der Waals surface area contributed by atoms with Gasteiger partial charge in [-0.1, -0.05) is 18.7 Å². The molecule has 0 aliphatic rings. The maximum absolute atomic E-state index is 5.70. The van der Waals surface area contributed by atoms with Gasteiger partial charge in [0.25, 0.3) is 0 Å². The minimum atomic E-state index is 0.246. The van der Waals surface area contributed by atoms with E-state index in [4.69, 9.17) is 5.73 Å². The fraction of sp³-hybridized carbons (Fsp3) is 0.750. The molecule has 5 heteroatoms. The van der Waals surface area contributed by atoms with E-state index in [1.807, 2.05) is 14.0 Å². The van der Waals surface area contributed by atoms with Gasteiger partial charge >= 0.3 is 0 Å². The van der Waals surface area contributed by atoms with Crippen LogP contribution in [0, 0.1) is 0 Å². The lowest BCUT2D eigenvalue weighted by Crippen LogP contribution is -2.19. The Bertz CT molecular complexity index is 258. The molecule has 74 valence electrons. The van der Waals surface area contributed by atoms with E-state index < -0.39 is 0 Å². The molecule has 0 spiro atoms. The molecule has 13 heavy (non-hydrogen) atoms. The van der Waals surface area contributed by atoms with Crippen molar-refractivity contribution in [3.63, 3.8) is 0 Å². The van der Waals surface area contributed by atoms with Gasteiger partial charge in [-0.2, -0.15) is 5.10 Å². The normalized spacial score (nSPS) is 15.7. The average Bonchev–Trinajstić information content (AvgIpc) is 2.34. The van der Waals surface area contributed by atoms with Crippen LogP contribution in [0.15, 0.2) is 11.5 Å². The highest BCUT2D eigenvalue weighted by atomic mass is 32.2. The lowest BCUT2D eigenvalue weighted by atomic mass is 10.2. The van der Waals surface area contributed by atoms with Crippen molar-refractivity contribution in [2.45, 2.75) is 36.7 Å². The van der Waals surface area contributed by atoms with E-state index in [2.05, 4.69) is 17.0 Å². The molecule has 1 aromatic rings. The molecule has 0 aliphatic heterocycles. The zero-order valence-corrected chi connectivity index (χ0v) is 9.08. The van der Waals surface area contributed by atoms with Crippen molar-refractivity contribution in [2.75, 3.05) is 0 Å². The van der Waals surface area contributed by atoms with Crippen molar-refractivity contribution < 1.29 is 0 Å². The smallest absolute Gasteiger partial charge is 0.186 e. The predicted molar refractivity (Wildman–Crippen MR) is 54.6 cm³/mol. The van der Waals surface area contributed by atoms with Crippen LogP contribution in [0.1, 0.15) is 20.3 Å². The van der Waals surface area contributed by atoms with Crippen LogP contribution in [0.3, 0.4) is 0 Å². The molecule has 0 aliphatic carbocycles. The van der Waals surface area contributed by atoms with E-state index >= 15 is 0 Å². The van der Waals surface area contributed by atoms with Gasteiger partial charge in [0, 0.05) is 18.3 Å². The van der Waals surface area contributed by atoms with Crippen molar-refractivity contribution >= 4 is 11.8 Å². The van der Waals surface area contributed by atoms with Crippen molar-refractivity contribution in [3.8, 4) is 0 Å². The molecule has 2 unspecified atom stereocenters. The summed E-state index contributed by atoms with van der Waals surface area (Å²) in [5, 5.41) is 5.44. The molecule has 0 bridgehead atoms. The molecular weight excluding hydrogens is 184 g/mol. The summed E-state index contributed by atoms with van der Waals surface area (Å²) in [4.78, 5) is 4.14. The van der Waals surface area contributed by atoms with E-state index in [9.17, 15) is 0 Å². The third-order valence-electron chi connectivity index (χ3n) is 1.68. The van der Waals surface area contributed by atoms with Crippen LogP contribution in [0.4, 0.5) is 0 Å². The molecule has 0 amide bonds. The SMILES string of the molecule is CC(N)CC(C)Sc1ncnn1C. The van der Waals surface area contributed by atoms with E-state index in [1.165, 1.54) is 0 Å². The van der Waals surface area contributed by atoms with Gasteiger partial charge in [0.2, 0.25) is 0 Å². The molecule has 2 atom stereocenters. The van der Waals surface area contributed by atoms with E-state index in [-0.39, 0.29) is 6.04 Å². The fourth-order valence-corrected chi connectivity index (χ4v) is 2.21. The molecule has 0 fully saturated rings. The summed E-state index contributed by atoms with van der Waals surface area (Å²) in [5.74, 6) is 0. The lowest BCUT2D eigenvalue weighted by molar-refractivity contribution is 0.651. The second-order valence-electron chi connectivity index (χ2n) is 3.31. The third-order valence-corrected chi connectivity index (χ3v) is 2.86. The Hall–Kier alpha value is -0.550. The number of thioether (sulfide) groups is 1. The van der Waals surface area contributed by atoms with Crippen LogP contribution in [-0.4, -0.2) is 26.1 Å². The first-order valence-corrected chi connectivity index (χ1v) is 5.23. The average molecular weight is 200 g/mol. The Labute approximate surface area is 82.9 Å². The first-order valence-electron chi connectivity index (χ1n) is 4.36. The van der Waals surface area contributed by atoms with Gasteiger partial charge in [0.15, 0.2) is 5.16 Å². The van der Waals surface area contributed by atoms with Gasteiger partial charge in [-0.05, 0) is 13.3 Å². The molecular formula is C8H16N4S. The van der Waals surface area contributed by atoms with Gasteiger partial charge < -0.3 is 5.73 Å². The molecule has 1 heterocycles. The van der Waals surface area contributed by atoms with E-state index in [1.54, 1.807) is 22.8 Å². The minimum absolute atomic E-state index is 0.246. The highest BCUT2D eigenvalue weighted by Gasteiger charge is 2.10. The highest BCUT2D eigenvalue weighted by molar-refractivity contribution is 7.99. The number of rotatable bonds is 4. The van der Waals surface area contributed by atoms with E-state index in [0.717, 1.165) is 11.6 Å². The summed E-state index contributed by atoms with van der Waals surface area (Å²) in [6, 6.07) is 0.246. The molecule has 0 radical (unpaired) electrons. The molecule has 4 nitrogen and oxygen atoms in total. The number of nitrogens with zero attached hydrogens (tertiary/aromatic N) is 3. The maximum Gasteiger partial charge on any atom is 0.186 e. The van der Waals surface area contributed by atoms with Gasteiger partial charge in [-0.25, -0.2) is 9.67 Å². The molecule has 0 saturated carbocycles. The Morgan fingerprint density at radius 3 is 2.77 bits per heavy atom. The van der Waals surface area contributed by atoms with Gasteiger partial charge in [-0.3, -0.25) is 0 Å². The molecule has 1 aromatic heterocycles. The Kier molecular flexibility index (Phi) is 3.74. The standard InChI is InChI=1S/C8H16N4S/c1-6(9)4-7(2)13-8-10-5-11-12(8)3/h5-7H,4,9H2,1-3H3. The number of hydrogen-bond acceptors (Lipinski definition) is 4. The summed E-state index contributed by atoms with van der Waals surface area (Å²) < 4.78 is 1.78. The fourth-order valence-electron chi connectivity index (χ4n) is 1.14. The molecule has 2 N–H and O–H groups in total. The van der Waals surface area contributed by atoms with Crippen molar-refractivity contribution in [3.05, 3.63) is 6.33 Å². The highest BCUT2D eigenvalue weighted by Crippen LogP contribution is 2.22. The summed E-state index contributed by atoms with van der Waals surface area (Å²) in [6.07, 6.45) is 2.57. The molecule has 0 aromatic carbocycles. The number of aromatic nitrogens is 3. The van der Waals surface area contributed by atoms with Crippen LogP contribution in [0.2, 0.25) is 0 Å². The zero-order valence-electron chi connectivity index (χ0n) is 8.27. The monoisotopic (exact) mass is 200 g/mol. The van der Waals surface area contributed by atoms with Crippen LogP contribution >= 0.6 is 11.8 Å². The summed E-state index contributed by atoms with van der Waals surface area (Å²) in [6.45, 7) is 4.18. The van der Waals surface area contributed by atoms with Crippen molar-refractivity contribution in [1.29, 1.82) is 0 Å². The molecule has 1 rings (SSSR count). The number of hydrogen-bond donors (Lipinski definition) is 1. The quantitative estimate of drug-likeness (QED) is 0.738. The second kappa shape index (κ2) is 4.62. The lowest BCUT2D eigenvalue weighted by Gasteiger charge is -2.12. The topological polar surface area (TPSA) is 56.7 Å². The van der Waals surface area contributed by atoms with Crippen LogP contribution in [-0.2, 0) is 7.05 Å². The summed E-state index contributed by atoms with van der Waals surface area (Å²) >= 11 is 1.71. The Balaban J connectivity index is 2.45. The largest absolute Gasteiger partial charge is 0.328 e. The Morgan fingerprint density at radius 1 is 1.62 bits per heavy atom. The number of aryl methyl sites for hydroxylation is 1. The number of nitrogens with two attached hydrogens (primary N) is 1. The predicted octanol–water partition coefficient (Wildman–Crippen LogP) is 1.03. The Morgan fingerprint density at radius 2 is 2.31 bits per heavy atom. The first-order chi connectivity index (χ1) is 6.09.